The summed E-state index contributed by atoms with van der Waals surface area (Å²) in [5.74, 6) is 0.745. The summed E-state index contributed by atoms with van der Waals surface area (Å²) in [6, 6.07) is 20.6. The molecule has 5 aromatic rings. The predicted octanol–water partition coefficient (Wildman–Crippen LogP) is 7.29. The second kappa shape index (κ2) is 5.50. The van der Waals surface area contributed by atoms with E-state index in [4.69, 9.17) is 8.83 Å². The number of benzene rings is 3. The molecule has 2 nitrogen and oxygen atoms in total. The van der Waals surface area contributed by atoms with Crippen LogP contribution in [0.15, 0.2) is 82.7 Å². The highest BCUT2D eigenvalue weighted by Crippen LogP contribution is 2.38. The van der Waals surface area contributed by atoms with Crippen LogP contribution >= 0.6 is 0 Å². The summed E-state index contributed by atoms with van der Waals surface area (Å²) in [4.78, 5) is 0. The second-order valence-corrected chi connectivity index (χ2v) is 6.28. The zero-order valence-electron chi connectivity index (χ0n) is 14.2. The number of fused-ring (bicyclic) bond motifs is 4. The van der Waals surface area contributed by atoms with E-state index in [0.29, 0.717) is 0 Å². The van der Waals surface area contributed by atoms with E-state index in [9.17, 15) is 0 Å². The standard InChI is InChI=1S/C24H16O2/c1-3-16-20-14-15(12-13-23(20)25-21(16)4-2)17-9-7-10-19-18-8-5-6-11-22(18)26-24(17)19/h3-14H,1-2H2. The first-order valence-corrected chi connectivity index (χ1v) is 8.52. The van der Waals surface area contributed by atoms with E-state index in [-0.39, 0.29) is 0 Å². The monoisotopic (exact) mass is 336 g/mol. The fourth-order valence-corrected chi connectivity index (χ4v) is 3.64. The number of hydrogen-bond acceptors (Lipinski definition) is 2. The van der Waals surface area contributed by atoms with Gasteiger partial charge in [0.05, 0.1) is 0 Å². The quantitative estimate of drug-likeness (QED) is 0.346. The lowest BCUT2D eigenvalue weighted by atomic mass is 10.00. The van der Waals surface area contributed by atoms with Crippen molar-refractivity contribution in [3.05, 3.63) is 85.1 Å². The fourth-order valence-electron chi connectivity index (χ4n) is 3.64. The van der Waals surface area contributed by atoms with Gasteiger partial charge in [0.1, 0.15) is 22.5 Å². The molecule has 2 heteroatoms. The molecule has 0 bridgehead atoms. The first-order valence-electron chi connectivity index (χ1n) is 8.52. The maximum Gasteiger partial charge on any atom is 0.143 e. The Balaban J connectivity index is 1.82. The highest BCUT2D eigenvalue weighted by molar-refractivity contribution is 6.10. The van der Waals surface area contributed by atoms with Gasteiger partial charge in [0, 0.05) is 27.3 Å². The van der Waals surface area contributed by atoms with Crippen molar-refractivity contribution in [2.45, 2.75) is 0 Å². The Kier molecular flexibility index (Phi) is 3.13. The van der Waals surface area contributed by atoms with Crippen molar-refractivity contribution in [2.24, 2.45) is 0 Å². The first kappa shape index (κ1) is 14.8. The lowest BCUT2D eigenvalue weighted by molar-refractivity contribution is 0.603. The number of rotatable bonds is 3. The van der Waals surface area contributed by atoms with Gasteiger partial charge < -0.3 is 8.83 Å². The Morgan fingerprint density at radius 3 is 2.35 bits per heavy atom. The molecule has 124 valence electrons. The minimum Gasteiger partial charge on any atom is -0.456 e. The number of para-hydroxylation sites is 2. The van der Waals surface area contributed by atoms with Gasteiger partial charge in [-0.05, 0) is 29.8 Å². The van der Waals surface area contributed by atoms with E-state index >= 15 is 0 Å². The van der Waals surface area contributed by atoms with E-state index in [1.54, 1.807) is 6.08 Å². The van der Waals surface area contributed by atoms with Crippen LogP contribution in [-0.4, -0.2) is 0 Å². The van der Waals surface area contributed by atoms with Gasteiger partial charge in [0.15, 0.2) is 0 Å². The van der Waals surface area contributed by atoms with Crippen LogP contribution in [0, 0.1) is 0 Å². The van der Waals surface area contributed by atoms with Crippen molar-refractivity contribution in [3.63, 3.8) is 0 Å². The van der Waals surface area contributed by atoms with Gasteiger partial charge in [-0.15, -0.1) is 0 Å². The Bertz CT molecular complexity index is 1310. The van der Waals surface area contributed by atoms with Crippen molar-refractivity contribution < 1.29 is 8.83 Å². The zero-order valence-corrected chi connectivity index (χ0v) is 14.2. The lowest BCUT2D eigenvalue weighted by Crippen LogP contribution is -1.80. The summed E-state index contributed by atoms with van der Waals surface area (Å²) >= 11 is 0. The molecule has 0 aliphatic rings. The lowest BCUT2D eigenvalue weighted by Gasteiger charge is -2.03. The molecule has 0 atom stereocenters. The molecule has 0 fully saturated rings. The molecule has 0 radical (unpaired) electrons. The summed E-state index contributed by atoms with van der Waals surface area (Å²) in [5.41, 5.74) is 5.75. The van der Waals surface area contributed by atoms with Gasteiger partial charge in [0.2, 0.25) is 0 Å². The highest BCUT2D eigenvalue weighted by Gasteiger charge is 2.14. The van der Waals surface area contributed by atoms with Crippen LogP contribution in [0.3, 0.4) is 0 Å². The average Bonchev–Trinajstić information content (AvgIpc) is 3.24. The summed E-state index contributed by atoms with van der Waals surface area (Å²) < 4.78 is 12.0. The molecule has 2 aromatic heterocycles. The zero-order chi connectivity index (χ0) is 17.7. The molecule has 0 amide bonds. The van der Waals surface area contributed by atoms with Crippen molar-refractivity contribution in [1.82, 2.24) is 0 Å². The normalized spacial score (nSPS) is 11.4. The van der Waals surface area contributed by atoms with Crippen LogP contribution in [-0.2, 0) is 0 Å². The van der Waals surface area contributed by atoms with Crippen molar-refractivity contribution in [1.29, 1.82) is 0 Å². The van der Waals surface area contributed by atoms with E-state index in [2.05, 4.69) is 49.6 Å². The van der Waals surface area contributed by atoms with Gasteiger partial charge in [0.25, 0.3) is 0 Å². The van der Waals surface area contributed by atoms with Crippen molar-refractivity contribution in [2.75, 3.05) is 0 Å². The average molecular weight is 336 g/mol. The third kappa shape index (κ3) is 1.99. The molecule has 0 N–H and O–H groups in total. The first-order chi connectivity index (χ1) is 12.8. The largest absolute Gasteiger partial charge is 0.456 e. The maximum absolute atomic E-state index is 6.17. The predicted molar refractivity (Wildman–Crippen MR) is 109 cm³/mol. The van der Waals surface area contributed by atoms with E-state index in [1.165, 1.54) is 0 Å². The Morgan fingerprint density at radius 2 is 1.50 bits per heavy atom. The van der Waals surface area contributed by atoms with Gasteiger partial charge >= 0.3 is 0 Å². The molecule has 0 aliphatic carbocycles. The SMILES string of the molecule is C=Cc1oc2ccc(-c3cccc4c3oc3ccccc34)cc2c1C=C. The van der Waals surface area contributed by atoms with Gasteiger partial charge in [-0.2, -0.15) is 0 Å². The fraction of sp³-hybridized carbons (Fsp3) is 0. The molecular weight excluding hydrogens is 320 g/mol. The summed E-state index contributed by atoms with van der Waals surface area (Å²) in [5, 5.41) is 3.29. The highest BCUT2D eigenvalue weighted by atomic mass is 16.3. The summed E-state index contributed by atoms with van der Waals surface area (Å²) in [7, 11) is 0. The van der Waals surface area contributed by atoms with Crippen LogP contribution in [0.4, 0.5) is 0 Å². The Hall–Kier alpha value is -3.52. The topological polar surface area (TPSA) is 26.3 Å². The molecular formula is C24H16O2. The second-order valence-electron chi connectivity index (χ2n) is 6.28. The molecule has 2 heterocycles. The molecule has 0 aliphatic heterocycles. The van der Waals surface area contributed by atoms with Crippen LogP contribution in [0.25, 0.3) is 56.2 Å². The van der Waals surface area contributed by atoms with Gasteiger partial charge in [-0.3, -0.25) is 0 Å². The minimum absolute atomic E-state index is 0.745. The van der Waals surface area contributed by atoms with Crippen LogP contribution in [0.5, 0.6) is 0 Å². The molecule has 5 rings (SSSR count). The van der Waals surface area contributed by atoms with Crippen molar-refractivity contribution in [3.8, 4) is 11.1 Å². The molecule has 0 unspecified atom stereocenters. The summed E-state index contributed by atoms with van der Waals surface area (Å²) in [6.07, 6.45) is 3.53. The Labute approximate surface area is 150 Å². The molecule has 0 saturated carbocycles. The molecule has 26 heavy (non-hydrogen) atoms. The van der Waals surface area contributed by atoms with Crippen LogP contribution in [0.1, 0.15) is 11.3 Å². The maximum atomic E-state index is 6.17. The van der Waals surface area contributed by atoms with Crippen molar-refractivity contribution >= 4 is 45.1 Å². The molecule has 3 aromatic carbocycles. The smallest absolute Gasteiger partial charge is 0.143 e. The third-order valence-electron chi connectivity index (χ3n) is 4.86. The van der Waals surface area contributed by atoms with E-state index in [0.717, 1.165) is 55.4 Å². The number of furan rings is 2. The summed E-state index contributed by atoms with van der Waals surface area (Å²) in [6.45, 7) is 7.74. The minimum atomic E-state index is 0.745. The van der Waals surface area contributed by atoms with E-state index < -0.39 is 0 Å². The molecule has 0 spiro atoms. The van der Waals surface area contributed by atoms with Crippen LogP contribution < -0.4 is 0 Å². The molecule has 0 saturated heterocycles. The van der Waals surface area contributed by atoms with Gasteiger partial charge in [-0.1, -0.05) is 61.7 Å². The number of hydrogen-bond donors (Lipinski definition) is 0. The van der Waals surface area contributed by atoms with Gasteiger partial charge in [-0.25, -0.2) is 0 Å². The third-order valence-corrected chi connectivity index (χ3v) is 4.86. The Morgan fingerprint density at radius 1 is 0.692 bits per heavy atom. The van der Waals surface area contributed by atoms with Crippen LogP contribution in [0.2, 0.25) is 0 Å². The van der Waals surface area contributed by atoms with E-state index in [1.807, 2.05) is 30.3 Å².